The molecule has 112 valence electrons. The number of nitrogens with one attached hydrogen (secondary N) is 1. The van der Waals surface area contributed by atoms with Gasteiger partial charge in [-0.3, -0.25) is 4.68 Å². The molecule has 0 bridgehead atoms. The Balaban J connectivity index is 2.05. The van der Waals surface area contributed by atoms with Gasteiger partial charge in [-0.25, -0.2) is 0 Å². The predicted molar refractivity (Wildman–Crippen MR) is 84.5 cm³/mol. The Labute approximate surface area is 126 Å². The summed E-state index contributed by atoms with van der Waals surface area (Å²) < 4.78 is 7.82. The Hall–Kier alpha value is -1.81. The Bertz CT molecular complexity index is 645. The van der Waals surface area contributed by atoms with Crippen LogP contribution >= 0.6 is 0 Å². The van der Waals surface area contributed by atoms with E-state index in [-0.39, 0.29) is 6.10 Å². The predicted octanol–water partition coefficient (Wildman–Crippen LogP) is 3.08. The van der Waals surface area contributed by atoms with Gasteiger partial charge in [-0.05, 0) is 45.9 Å². The molecule has 1 aromatic carbocycles. The van der Waals surface area contributed by atoms with E-state index in [0.29, 0.717) is 6.04 Å². The fourth-order valence-corrected chi connectivity index (χ4v) is 3.04. The normalized spacial score (nSPS) is 17.9. The molecule has 0 fully saturated rings. The SMILES string of the molecule is CC(C)Oc1cccc(-c2c3c(nn2C)[C@H](C)NCC3)c1. The largest absolute Gasteiger partial charge is 0.491 e. The molecule has 1 aliphatic heterocycles. The number of fused-ring (bicyclic) bond motifs is 1. The van der Waals surface area contributed by atoms with Gasteiger partial charge in [-0.15, -0.1) is 0 Å². The van der Waals surface area contributed by atoms with Crippen LogP contribution in [0.1, 0.15) is 38.1 Å². The Morgan fingerprint density at radius 2 is 2.19 bits per heavy atom. The molecule has 0 radical (unpaired) electrons. The molecule has 0 saturated carbocycles. The van der Waals surface area contributed by atoms with E-state index in [0.717, 1.165) is 18.7 Å². The van der Waals surface area contributed by atoms with Crippen LogP contribution in [0.3, 0.4) is 0 Å². The van der Waals surface area contributed by atoms with Gasteiger partial charge in [0.05, 0.1) is 17.5 Å². The maximum atomic E-state index is 5.82. The van der Waals surface area contributed by atoms with Crippen molar-refractivity contribution >= 4 is 0 Å². The molecule has 1 aliphatic rings. The highest BCUT2D eigenvalue weighted by atomic mass is 16.5. The van der Waals surface area contributed by atoms with Crippen molar-refractivity contribution < 1.29 is 4.74 Å². The molecule has 0 aliphatic carbocycles. The van der Waals surface area contributed by atoms with Gasteiger partial charge in [-0.1, -0.05) is 12.1 Å². The molecule has 1 aromatic heterocycles. The monoisotopic (exact) mass is 285 g/mol. The van der Waals surface area contributed by atoms with Gasteiger partial charge in [0, 0.05) is 24.2 Å². The number of hydrogen-bond donors (Lipinski definition) is 1. The summed E-state index contributed by atoms with van der Waals surface area (Å²) in [5.41, 5.74) is 4.94. The molecule has 0 unspecified atom stereocenters. The smallest absolute Gasteiger partial charge is 0.120 e. The first kappa shape index (κ1) is 14.1. The van der Waals surface area contributed by atoms with E-state index in [1.54, 1.807) is 0 Å². The molecule has 4 heteroatoms. The summed E-state index contributed by atoms with van der Waals surface area (Å²) in [4.78, 5) is 0. The van der Waals surface area contributed by atoms with Crippen LogP contribution in [0.5, 0.6) is 5.75 Å². The van der Waals surface area contributed by atoms with Crippen molar-refractivity contribution in [1.29, 1.82) is 0 Å². The first-order chi connectivity index (χ1) is 10.1. The van der Waals surface area contributed by atoms with Crippen LogP contribution in [0, 0.1) is 0 Å². The second-order valence-electron chi connectivity index (χ2n) is 5.96. The van der Waals surface area contributed by atoms with Crippen molar-refractivity contribution in [2.24, 2.45) is 7.05 Å². The molecule has 3 rings (SSSR count). The first-order valence-corrected chi connectivity index (χ1v) is 7.62. The highest BCUT2D eigenvalue weighted by Gasteiger charge is 2.24. The van der Waals surface area contributed by atoms with E-state index in [1.807, 2.05) is 31.6 Å². The molecule has 0 spiro atoms. The number of aromatic nitrogens is 2. The number of nitrogens with zero attached hydrogens (tertiary/aromatic N) is 2. The van der Waals surface area contributed by atoms with Crippen LogP contribution in [0.15, 0.2) is 24.3 Å². The number of rotatable bonds is 3. The minimum atomic E-state index is 0.185. The Morgan fingerprint density at radius 1 is 1.38 bits per heavy atom. The molecule has 1 N–H and O–H groups in total. The van der Waals surface area contributed by atoms with E-state index < -0.39 is 0 Å². The van der Waals surface area contributed by atoms with E-state index in [9.17, 15) is 0 Å². The standard InChI is InChI=1S/C17H23N3O/c1-11(2)21-14-7-5-6-13(10-14)17-15-8-9-18-12(3)16(15)19-20(17)4/h5-7,10-12,18H,8-9H2,1-4H3/t12-/m0/s1. The van der Waals surface area contributed by atoms with E-state index >= 15 is 0 Å². The minimum absolute atomic E-state index is 0.185. The quantitative estimate of drug-likeness (QED) is 0.942. The molecular formula is C17H23N3O. The molecule has 2 heterocycles. The summed E-state index contributed by atoms with van der Waals surface area (Å²) in [6.07, 6.45) is 1.21. The summed E-state index contributed by atoms with van der Waals surface area (Å²) in [6.45, 7) is 7.28. The lowest BCUT2D eigenvalue weighted by Crippen LogP contribution is -2.27. The fraction of sp³-hybridized carbons (Fsp3) is 0.471. The van der Waals surface area contributed by atoms with Gasteiger partial charge < -0.3 is 10.1 Å². The number of hydrogen-bond acceptors (Lipinski definition) is 3. The molecular weight excluding hydrogens is 262 g/mol. The van der Waals surface area contributed by atoms with Gasteiger partial charge >= 0.3 is 0 Å². The third kappa shape index (κ3) is 2.68. The van der Waals surface area contributed by atoms with Crippen molar-refractivity contribution in [3.63, 3.8) is 0 Å². The van der Waals surface area contributed by atoms with Gasteiger partial charge in [0.25, 0.3) is 0 Å². The zero-order valence-corrected chi connectivity index (χ0v) is 13.2. The molecule has 1 atom stereocenters. The van der Waals surface area contributed by atoms with Crippen LogP contribution in [0.4, 0.5) is 0 Å². The van der Waals surface area contributed by atoms with Crippen molar-refractivity contribution in [3.05, 3.63) is 35.5 Å². The zero-order chi connectivity index (χ0) is 15.0. The molecule has 4 nitrogen and oxygen atoms in total. The maximum Gasteiger partial charge on any atom is 0.120 e. The highest BCUT2D eigenvalue weighted by Crippen LogP contribution is 2.33. The van der Waals surface area contributed by atoms with Crippen LogP contribution in [-0.4, -0.2) is 22.4 Å². The lowest BCUT2D eigenvalue weighted by Gasteiger charge is -2.19. The third-order valence-electron chi connectivity index (χ3n) is 3.89. The average Bonchev–Trinajstić information content (AvgIpc) is 2.76. The lowest BCUT2D eigenvalue weighted by molar-refractivity contribution is 0.242. The van der Waals surface area contributed by atoms with Crippen molar-refractivity contribution in [3.8, 4) is 17.0 Å². The van der Waals surface area contributed by atoms with Gasteiger partial charge in [0.2, 0.25) is 0 Å². The van der Waals surface area contributed by atoms with Gasteiger partial charge in [0.1, 0.15) is 5.75 Å². The number of aryl methyl sites for hydroxylation is 1. The molecule has 21 heavy (non-hydrogen) atoms. The van der Waals surface area contributed by atoms with Crippen molar-refractivity contribution in [2.45, 2.75) is 39.3 Å². The Morgan fingerprint density at radius 3 is 2.95 bits per heavy atom. The summed E-state index contributed by atoms with van der Waals surface area (Å²) in [6, 6.07) is 8.64. The van der Waals surface area contributed by atoms with Crippen LogP contribution in [0.25, 0.3) is 11.3 Å². The molecule has 2 aromatic rings. The van der Waals surface area contributed by atoms with Crippen molar-refractivity contribution in [1.82, 2.24) is 15.1 Å². The summed E-state index contributed by atoms with van der Waals surface area (Å²) >= 11 is 0. The number of ether oxygens (including phenoxy) is 1. The summed E-state index contributed by atoms with van der Waals surface area (Å²) in [5.74, 6) is 0.916. The first-order valence-electron chi connectivity index (χ1n) is 7.62. The second-order valence-corrected chi connectivity index (χ2v) is 5.96. The van der Waals surface area contributed by atoms with Gasteiger partial charge in [-0.2, -0.15) is 5.10 Å². The molecule has 0 saturated heterocycles. The highest BCUT2D eigenvalue weighted by molar-refractivity contribution is 5.67. The van der Waals surface area contributed by atoms with Crippen molar-refractivity contribution in [2.75, 3.05) is 6.54 Å². The number of benzene rings is 1. The van der Waals surface area contributed by atoms with E-state index in [2.05, 4.69) is 30.4 Å². The maximum absolute atomic E-state index is 5.82. The topological polar surface area (TPSA) is 39.1 Å². The van der Waals surface area contributed by atoms with Crippen LogP contribution in [-0.2, 0) is 13.5 Å². The Kier molecular flexibility index (Phi) is 3.72. The van der Waals surface area contributed by atoms with Gasteiger partial charge in [0.15, 0.2) is 0 Å². The summed E-state index contributed by atoms with van der Waals surface area (Å²) in [5, 5.41) is 8.18. The summed E-state index contributed by atoms with van der Waals surface area (Å²) in [7, 11) is 2.02. The molecule has 0 amide bonds. The average molecular weight is 285 g/mol. The minimum Gasteiger partial charge on any atom is -0.491 e. The lowest BCUT2D eigenvalue weighted by atomic mass is 9.97. The van der Waals surface area contributed by atoms with E-state index in [4.69, 9.17) is 9.84 Å². The van der Waals surface area contributed by atoms with Crippen LogP contribution in [0.2, 0.25) is 0 Å². The fourth-order valence-electron chi connectivity index (χ4n) is 3.04. The second kappa shape index (κ2) is 5.53. The van der Waals surface area contributed by atoms with E-state index in [1.165, 1.54) is 22.5 Å². The third-order valence-corrected chi connectivity index (χ3v) is 3.89. The zero-order valence-electron chi connectivity index (χ0n) is 13.2. The van der Waals surface area contributed by atoms with Crippen LogP contribution < -0.4 is 10.1 Å².